The molecule has 2 bridgehead atoms. The van der Waals surface area contributed by atoms with Crippen LogP contribution in [0.25, 0.3) is 0 Å². The Morgan fingerprint density at radius 3 is 1.83 bits per heavy atom. The van der Waals surface area contributed by atoms with E-state index in [2.05, 4.69) is 60.7 Å². The van der Waals surface area contributed by atoms with Crippen LogP contribution in [0.15, 0.2) is 60.7 Å². The molecule has 0 N–H and O–H groups in total. The second-order valence-electron chi connectivity index (χ2n) is 6.75. The smallest absolute Gasteiger partial charge is 0.211 e. The van der Waals surface area contributed by atoms with Crippen LogP contribution in [-0.4, -0.2) is 6.43 Å². The van der Waals surface area contributed by atoms with Crippen molar-refractivity contribution >= 4 is 0 Å². The maximum Gasteiger partial charge on any atom is 0.357 e. The van der Waals surface area contributed by atoms with Crippen LogP contribution in [0, 0.1) is 24.9 Å². The van der Waals surface area contributed by atoms with Crippen molar-refractivity contribution in [3.8, 4) is 0 Å². The minimum atomic E-state index is -2.07. The molecule has 2 saturated carbocycles. The molecule has 0 radical (unpaired) electrons. The molecule has 2 aromatic rings. The first kappa shape index (κ1) is 17.8. The zero-order valence-electron chi connectivity index (χ0n) is 13.8. The summed E-state index contributed by atoms with van der Waals surface area (Å²) in [5, 5.41) is 0. The molecule has 0 heterocycles. The van der Waals surface area contributed by atoms with Gasteiger partial charge in [0.15, 0.2) is 7.14 Å². The molecule has 24 heavy (non-hydrogen) atoms. The number of halogens is 3. The van der Waals surface area contributed by atoms with E-state index in [0.29, 0.717) is 11.8 Å². The molecule has 2 aliphatic rings. The Morgan fingerprint density at radius 2 is 1.42 bits per heavy atom. The second-order valence-corrected chi connectivity index (χ2v) is 9.78. The van der Waals surface area contributed by atoms with Crippen molar-refractivity contribution in [3.63, 3.8) is 0 Å². The van der Waals surface area contributed by atoms with Gasteiger partial charge in [-0.05, 0) is 61.3 Å². The van der Waals surface area contributed by atoms with Gasteiger partial charge in [-0.15, -0.1) is 0 Å². The first-order chi connectivity index (χ1) is 11.7. The number of fused-ring (bicyclic) bond motifs is 2. The Hall–Kier alpha value is -0.970. The first-order valence-electron chi connectivity index (χ1n) is 8.74. The van der Waals surface area contributed by atoms with Gasteiger partial charge in [-0.3, -0.25) is 0 Å². The van der Waals surface area contributed by atoms with Gasteiger partial charge in [0, 0.05) is 6.42 Å². The molecule has 2 fully saturated rings. The van der Waals surface area contributed by atoms with Gasteiger partial charge in [0.1, 0.15) is 0 Å². The third kappa shape index (κ3) is 5.27. The van der Waals surface area contributed by atoms with E-state index in [1.807, 2.05) is 0 Å². The molecule has 2 aliphatic carbocycles. The van der Waals surface area contributed by atoms with Crippen LogP contribution in [0.5, 0.6) is 0 Å². The lowest BCUT2D eigenvalue weighted by atomic mass is 9.87. The van der Waals surface area contributed by atoms with E-state index in [-0.39, 0.29) is 27.6 Å². The van der Waals surface area contributed by atoms with Gasteiger partial charge in [0.2, 0.25) is 6.43 Å². The molecule has 3 atom stereocenters. The van der Waals surface area contributed by atoms with Gasteiger partial charge in [0.25, 0.3) is 0 Å². The molecule has 2 aromatic carbocycles. The highest BCUT2D eigenvalue weighted by atomic mass is 127. The predicted molar refractivity (Wildman–Crippen MR) is 89.8 cm³/mol. The van der Waals surface area contributed by atoms with Crippen molar-refractivity contribution < 1.29 is 30.0 Å². The molecule has 0 nitrogen and oxygen atoms in total. The number of rotatable bonds is 4. The summed E-state index contributed by atoms with van der Waals surface area (Å²) in [7, 11) is 0. The van der Waals surface area contributed by atoms with Crippen molar-refractivity contribution in [3.05, 3.63) is 67.8 Å². The van der Waals surface area contributed by atoms with E-state index in [1.54, 1.807) is 0 Å². The topological polar surface area (TPSA) is 0 Å². The van der Waals surface area contributed by atoms with Gasteiger partial charge in [0.05, 0.1) is 0 Å². The fraction of sp³-hybridized carbons (Fsp3) is 0.429. The molecule has 3 heteroatoms. The van der Waals surface area contributed by atoms with E-state index in [4.69, 9.17) is 0 Å². The summed E-state index contributed by atoms with van der Waals surface area (Å²) >= 11 is 0.0287. The molecule has 0 saturated heterocycles. The monoisotopic (exact) mass is 441 g/mol. The standard InChI is InChI=1S/C12H10I.C9H14F2/c1-3-7-11(8-4-1)13-12-9-5-2-6-10-12;10-9(11)5-8-4-6-1-2-7(8)3-6/h1-10H;6-9H,1-5H2/q+1;. The molecule has 3 unspecified atom stereocenters. The van der Waals surface area contributed by atoms with E-state index >= 15 is 0 Å². The van der Waals surface area contributed by atoms with Crippen molar-refractivity contribution in [2.45, 2.75) is 38.5 Å². The third-order valence-corrected chi connectivity index (χ3v) is 7.73. The highest BCUT2D eigenvalue weighted by molar-refractivity contribution is 5.02. The van der Waals surface area contributed by atoms with E-state index in [1.165, 1.54) is 26.4 Å². The summed E-state index contributed by atoms with van der Waals surface area (Å²) in [6.07, 6.45) is 2.97. The molecular weight excluding hydrogens is 417 g/mol. The Kier molecular flexibility index (Phi) is 6.64. The predicted octanol–water partition coefficient (Wildman–Crippen LogP) is 2.89. The molecule has 0 aliphatic heterocycles. The van der Waals surface area contributed by atoms with Crippen LogP contribution in [0.3, 0.4) is 0 Å². The highest BCUT2D eigenvalue weighted by Crippen LogP contribution is 2.50. The molecule has 0 aromatic heterocycles. The van der Waals surface area contributed by atoms with E-state index in [9.17, 15) is 8.78 Å². The van der Waals surface area contributed by atoms with Crippen LogP contribution in [0.4, 0.5) is 8.78 Å². The van der Waals surface area contributed by atoms with Crippen molar-refractivity contribution in [1.29, 1.82) is 0 Å². The molecular formula is C21H24F2I+. The van der Waals surface area contributed by atoms with Crippen LogP contribution in [0.1, 0.15) is 32.1 Å². The van der Waals surface area contributed by atoms with E-state index < -0.39 is 6.43 Å². The van der Waals surface area contributed by atoms with Crippen molar-refractivity contribution in [2.24, 2.45) is 17.8 Å². The van der Waals surface area contributed by atoms with Crippen LogP contribution in [-0.2, 0) is 0 Å². The normalized spacial score (nSPS) is 24.7. The number of alkyl halides is 2. The second kappa shape index (κ2) is 8.93. The van der Waals surface area contributed by atoms with Gasteiger partial charge >= 0.3 is 21.2 Å². The third-order valence-electron chi connectivity index (χ3n) is 5.05. The summed E-state index contributed by atoms with van der Waals surface area (Å²) in [6.45, 7) is 0. The zero-order chi connectivity index (χ0) is 16.8. The van der Waals surface area contributed by atoms with Crippen LogP contribution >= 0.6 is 0 Å². The van der Waals surface area contributed by atoms with Crippen molar-refractivity contribution in [1.82, 2.24) is 0 Å². The van der Waals surface area contributed by atoms with Gasteiger partial charge in [-0.1, -0.05) is 42.8 Å². The molecule has 0 spiro atoms. The summed E-state index contributed by atoms with van der Waals surface area (Å²) in [4.78, 5) is 0. The fourth-order valence-corrected chi connectivity index (χ4v) is 6.24. The SMILES string of the molecule is FC(F)CC1CC2CCC1C2.c1ccc([I+]c2ccccc2)cc1. The van der Waals surface area contributed by atoms with Crippen LogP contribution < -0.4 is 21.2 Å². The molecule has 128 valence electrons. The summed E-state index contributed by atoms with van der Waals surface area (Å²) in [5.74, 6) is 1.84. The quantitative estimate of drug-likeness (QED) is 0.641. The molecule has 4 rings (SSSR count). The zero-order valence-corrected chi connectivity index (χ0v) is 15.9. The lowest BCUT2D eigenvalue weighted by molar-refractivity contribution is -0.597. The Labute approximate surface area is 153 Å². The average Bonchev–Trinajstić information content (AvgIpc) is 3.20. The fourth-order valence-electron chi connectivity index (χ4n) is 3.98. The largest absolute Gasteiger partial charge is 0.357 e. The number of hydrogen-bond donors (Lipinski definition) is 0. The van der Waals surface area contributed by atoms with Crippen molar-refractivity contribution in [2.75, 3.05) is 0 Å². The minimum absolute atomic E-state index is 0.0287. The molecule has 0 amide bonds. The maximum atomic E-state index is 12.0. The first-order valence-corrected chi connectivity index (χ1v) is 10.9. The Balaban J connectivity index is 0.000000143. The minimum Gasteiger partial charge on any atom is -0.211 e. The Morgan fingerprint density at radius 1 is 0.833 bits per heavy atom. The highest BCUT2D eigenvalue weighted by Gasteiger charge is 2.40. The summed E-state index contributed by atoms with van der Waals surface area (Å²) in [5.41, 5.74) is 0. The number of benzene rings is 2. The van der Waals surface area contributed by atoms with Gasteiger partial charge in [-0.2, -0.15) is 0 Å². The van der Waals surface area contributed by atoms with Gasteiger partial charge < -0.3 is 0 Å². The summed E-state index contributed by atoms with van der Waals surface area (Å²) < 4.78 is 27.0. The Bertz CT molecular complexity index is 562. The lowest BCUT2D eigenvalue weighted by Crippen LogP contribution is -3.61. The number of hydrogen-bond acceptors (Lipinski definition) is 0. The average molecular weight is 441 g/mol. The van der Waals surface area contributed by atoms with Crippen LogP contribution in [0.2, 0.25) is 0 Å². The summed E-state index contributed by atoms with van der Waals surface area (Å²) in [6, 6.07) is 21.4. The van der Waals surface area contributed by atoms with Gasteiger partial charge in [-0.25, -0.2) is 8.78 Å². The lowest BCUT2D eigenvalue weighted by Gasteiger charge is -2.20. The van der Waals surface area contributed by atoms with E-state index in [0.717, 1.165) is 12.3 Å². The maximum absolute atomic E-state index is 12.0.